The molecule has 1 saturated heterocycles. The number of benzene rings is 1. The summed E-state index contributed by atoms with van der Waals surface area (Å²) in [6.07, 6.45) is 3.21. The molecule has 5 heteroatoms. The Kier molecular flexibility index (Phi) is 6.43. The number of nitrogens with zero attached hydrogens (tertiary/aromatic N) is 2. The molecule has 1 aliphatic carbocycles. The van der Waals surface area contributed by atoms with E-state index < -0.39 is 0 Å². The summed E-state index contributed by atoms with van der Waals surface area (Å²) in [6, 6.07) is 8.68. The first-order chi connectivity index (χ1) is 13.2. The lowest BCUT2D eigenvalue weighted by Crippen LogP contribution is -2.44. The third-order valence-electron chi connectivity index (χ3n) is 6.07. The van der Waals surface area contributed by atoms with E-state index in [4.69, 9.17) is 0 Å². The van der Waals surface area contributed by atoms with Crippen molar-refractivity contribution in [2.75, 3.05) is 19.6 Å². The predicted molar refractivity (Wildman–Crippen MR) is 116 cm³/mol. The molecule has 0 bridgehead atoms. The molecule has 2 atom stereocenters. The lowest BCUT2D eigenvalue weighted by atomic mass is 9.84. The van der Waals surface area contributed by atoms with Gasteiger partial charge in [-0.05, 0) is 43.2 Å². The van der Waals surface area contributed by atoms with E-state index in [1.165, 1.54) is 17.5 Å². The Morgan fingerprint density at radius 3 is 2.36 bits per heavy atom. The van der Waals surface area contributed by atoms with Crippen LogP contribution in [0.25, 0.3) is 0 Å². The molecule has 0 spiro atoms. The maximum Gasteiger partial charge on any atom is 0.236 e. The van der Waals surface area contributed by atoms with E-state index in [0.29, 0.717) is 19.6 Å². The van der Waals surface area contributed by atoms with Gasteiger partial charge in [-0.15, -0.1) is 11.8 Å². The third-order valence-corrected chi connectivity index (χ3v) is 7.46. The molecular formula is C23H34N2O2S. The summed E-state index contributed by atoms with van der Waals surface area (Å²) in [6.45, 7) is 12.6. The summed E-state index contributed by atoms with van der Waals surface area (Å²) in [5.74, 6) is 0.664. The van der Waals surface area contributed by atoms with Crippen molar-refractivity contribution in [2.24, 2.45) is 5.92 Å². The molecule has 1 heterocycles. The van der Waals surface area contributed by atoms with Gasteiger partial charge < -0.3 is 9.80 Å². The molecule has 28 heavy (non-hydrogen) atoms. The van der Waals surface area contributed by atoms with Crippen LogP contribution in [0.3, 0.4) is 0 Å². The number of thioether (sulfide) groups is 1. The molecule has 4 nitrogen and oxygen atoms in total. The summed E-state index contributed by atoms with van der Waals surface area (Å²) in [7, 11) is 0. The van der Waals surface area contributed by atoms with Crippen LogP contribution in [0.2, 0.25) is 0 Å². The average molecular weight is 403 g/mol. The number of hydrogen-bond acceptors (Lipinski definition) is 3. The van der Waals surface area contributed by atoms with Gasteiger partial charge in [-0.1, -0.05) is 51.5 Å². The smallest absolute Gasteiger partial charge is 0.236 e. The first-order valence-corrected chi connectivity index (χ1v) is 11.5. The highest BCUT2D eigenvalue weighted by Crippen LogP contribution is 2.43. The van der Waals surface area contributed by atoms with E-state index in [1.807, 2.05) is 23.6 Å². The molecule has 1 saturated carbocycles. The minimum atomic E-state index is -0.0373. The Hall–Kier alpha value is -1.49. The van der Waals surface area contributed by atoms with Gasteiger partial charge in [0, 0.05) is 25.6 Å². The van der Waals surface area contributed by atoms with Gasteiger partial charge >= 0.3 is 0 Å². The van der Waals surface area contributed by atoms with E-state index in [-0.39, 0.29) is 33.8 Å². The van der Waals surface area contributed by atoms with Crippen LogP contribution >= 0.6 is 11.8 Å². The topological polar surface area (TPSA) is 40.6 Å². The minimum absolute atomic E-state index is 0.0361. The quantitative estimate of drug-likeness (QED) is 0.698. The Balaban J connectivity index is 1.70. The first-order valence-electron chi connectivity index (χ1n) is 10.6. The second kappa shape index (κ2) is 8.48. The molecule has 3 rings (SSSR count). The molecule has 0 unspecified atom stereocenters. The molecular weight excluding hydrogens is 368 g/mol. The van der Waals surface area contributed by atoms with Crippen LogP contribution in [0, 0.1) is 5.92 Å². The summed E-state index contributed by atoms with van der Waals surface area (Å²) in [4.78, 5) is 29.3. The molecule has 1 aromatic carbocycles. The van der Waals surface area contributed by atoms with Crippen molar-refractivity contribution < 1.29 is 9.59 Å². The minimum Gasteiger partial charge on any atom is -0.341 e. The maximum absolute atomic E-state index is 12.8. The van der Waals surface area contributed by atoms with Crippen LogP contribution in [-0.2, 0) is 15.0 Å². The number of likely N-dealkylation sites (N-methyl/N-ethyl adjacent to an activating group) is 1. The van der Waals surface area contributed by atoms with Crippen molar-refractivity contribution in [1.29, 1.82) is 0 Å². The summed E-state index contributed by atoms with van der Waals surface area (Å²) in [5.41, 5.74) is 2.59. The Morgan fingerprint density at radius 2 is 1.86 bits per heavy atom. The molecule has 0 aromatic heterocycles. The summed E-state index contributed by atoms with van der Waals surface area (Å²) >= 11 is 1.71. The molecule has 2 amide bonds. The molecule has 1 aliphatic heterocycles. The zero-order valence-electron chi connectivity index (χ0n) is 17.9. The van der Waals surface area contributed by atoms with Crippen molar-refractivity contribution >= 4 is 23.6 Å². The molecule has 154 valence electrons. The monoisotopic (exact) mass is 402 g/mol. The van der Waals surface area contributed by atoms with Gasteiger partial charge in [0.1, 0.15) is 5.37 Å². The van der Waals surface area contributed by atoms with Gasteiger partial charge in [-0.25, -0.2) is 0 Å². The second-order valence-electron chi connectivity index (χ2n) is 9.08. The van der Waals surface area contributed by atoms with E-state index in [9.17, 15) is 9.59 Å². The van der Waals surface area contributed by atoms with E-state index in [1.54, 1.807) is 11.8 Å². The van der Waals surface area contributed by atoms with Crippen molar-refractivity contribution in [2.45, 2.75) is 69.9 Å². The molecule has 0 N–H and O–H groups in total. The number of hydrogen-bond donors (Lipinski definition) is 0. The lowest BCUT2D eigenvalue weighted by Gasteiger charge is -2.33. The number of carbonyl (C=O) groups excluding carboxylic acids is 2. The predicted octanol–water partition coefficient (Wildman–Crippen LogP) is 4.60. The number of carbonyl (C=O) groups is 2. The zero-order chi connectivity index (χ0) is 20.5. The van der Waals surface area contributed by atoms with Crippen molar-refractivity contribution in [3.05, 3.63) is 35.4 Å². The largest absolute Gasteiger partial charge is 0.341 e. The van der Waals surface area contributed by atoms with Gasteiger partial charge in [0.15, 0.2) is 0 Å². The molecule has 2 fully saturated rings. The average Bonchev–Trinajstić information content (AvgIpc) is 2.88. The van der Waals surface area contributed by atoms with E-state index in [0.717, 1.165) is 12.8 Å². The van der Waals surface area contributed by atoms with E-state index in [2.05, 4.69) is 45.0 Å². The SMILES string of the molecule is CCN(CCN1C(=O)[C@@H](C)S[C@H]1c1ccc(C(C)(C)C)cc1)C(=O)C1CCC1. The van der Waals surface area contributed by atoms with Crippen molar-refractivity contribution in [3.63, 3.8) is 0 Å². The fourth-order valence-corrected chi connectivity index (χ4v) is 5.18. The summed E-state index contributed by atoms with van der Waals surface area (Å²) in [5, 5.41) is -0.00117. The Labute approximate surface area is 174 Å². The zero-order valence-corrected chi connectivity index (χ0v) is 18.7. The van der Waals surface area contributed by atoms with Crippen LogP contribution in [0.15, 0.2) is 24.3 Å². The van der Waals surface area contributed by atoms with Gasteiger partial charge in [-0.3, -0.25) is 9.59 Å². The van der Waals surface area contributed by atoms with Crippen LogP contribution in [0.5, 0.6) is 0 Å². The molecule has 2 aliphatic rings. The van der Waals surface area contributed by atoms with Crippen LogP contribution < -0.4 is 0 Å². The first kappa shape index (κ1) is 21.2. The standard InChI is InChI=1S/C23H34N2O2S/c1-6-24(21(27)17-8-7-9-17)14-15-25-20(26)16(2)28-22(25)18-10-12-19(13-11-18)23(3,4)5/h10-13,16-17,22H,6-9,14-15H2,1-5H3/t16-,22+/m1/s1. The number of rotatable bonds is 6. The Bertz CT molecular complexity index is 706. The molecule has 1 aromatic rings. The van der Waals surface area contributed by atoms with Crippen LogP contribution in [0.1, 0.15) is 70.4 Å². The highest BCUT2D eigenvalue weighted by molar-refractivity contribution is 8.01. The van der Waals surface area contributed by atoms with Crippen LogP contribution in [-0.4, -0.2) is 46.5 Å². The highest BCUT2D eigenvalue weighted by Gasteiger charge is 2.39. The summed E-state index contributed by atoms with van der Waals surface area (Å²) < 4.78 is 0. The lowest BCUT2D eigenvalue weighted by molar-refractivity contribution is -0.139. The normalized spacial score (nSPS) is 23.0. The maximum atomic E-state index is 12.8. The third kappa shape index (κ3) is 4.40. The van der Waals surface area contributed by atoms with Crippen molar-refractivity contribution in [3.8, 4) is 0 Å². The van der Waals surface area contributed by atoms with Crippen molar-refractivity contribution in [1.82, 2.24) is 9.80 Å². The highest BCUT2D eigenvalue weighted by atomic mass is 32.2. The Morgan fingerprint density at radius 1 is 1.21 bits per heavy atom. The van der Waals surface area contributed by atoms with Gasteiger partial charge in [0.2, 0.25) is 11.8 Å². The number of amides is 2. The fraction of sp³-hybridized carbons (Fsp3) is 0.652. The van der Waals surface area contributed by atoms with Crippen LogP contribution in [0.4, 0.5) is 0 Å². The second-order valence-corrected chi connectivity index (χ2v) is 10.5. The fourth-order valence-electron chi connectivity index (χ4n) is 3.87. The van der Waals surface area contributed by atoms with E-state index >= 15 is 0 Å². The van der Waals surface area contributed by atoms with Gasteiger partial charge in [0.25, 0.3) is 0 Å². The van der Waals surface area contributed by atoms with Gasteiger partial charge in [0.05, 0.1) is 5.25 Å². The molecule has 0 radical (unpaired) electrons. The van der Waals surface area contributed by atoms with Gasteiger partial charge in [-0.2, -0.15) is 0 Å².